The van der Waals surface area contributed by atoms with E-state index >= 15 is 0 Å². The Kier molecular flexibility index (Phi) is 3.90. The van der Waals surface area contributed by atoms with E-state index in [9.17, 15) is 5.11 Å². The van der Waals surface area contributed by atoms with Gasteiger partial charge in [-0.25, -0.2) is 9.67 Å². The van der Waals surface area contributed by atoms with Gasteiger partial charge in [0.15, 0.2) is 0 Å². The first-order valence-corrected chi connectivity index (χ1v) is 6.48. The first kappa shape index (κ1) is 14.3. The monoisotopic (exact) mass is 272 g/mol. The van der Waals surface area contributed by atoms with Gasteiger partial charge >= 0.3 is 0 Å². The quantitative estimate of drug-likeness (QED) is 0.840. The highest BCUT2D eigenvalue weighted by atomic mass is 16.3. The molecule has 5 heteroatoms. The van der Waals surface area contributed by atoms with Gasteiger partial charge in [-0.15, -0.1) is 0 Å². The molecule has 1 unspecified atom stereocenters. The number of nitrogen functional groups attached to an aromatic ring is 1. The van der Waals surface area contributed by atoms with Gasteiger partial charge < -0.3 is 10.8 Å². The van der Waals surface area contributed by atoms with Gasteiger partial charge in [-0.2, -0.15) is 5.10 Å². The van der Waals surface area contributed by atoms with Gasteiger partial charge in [0.1, 0.15) is 18.8 Å². The molecule has 1 aromatic carbocycles. The smallest absolute Gasteiger partial charge is 0.138 e. The van der Waals surface area contributed by atoms with Gasteiger partial charge in [-0.1, -0.05) is 32.9 Å². The molecule has 0 aliphatic heterocycles. The van der Waals surface area contributed by atoms with Crippen molar-refractivity contribution in [3.63, 3.8) is 0 Å². The van der Waals surface area contributed by atoms with Gasteiger partial charge in [0, 0.05) is 5.69 Å². The zero-order chi connectivity index (χ0) is 14.8. The van der Waals surface area contributed by atoms with E-state index in [2.05, 4.69) is 10.1 Å². The summed E-state index contributed by atoms with van der Waals surface area (Å²) in [5, 5.41) is 14.7. The number of rotatable bonds is 3. The largest absolute Gasteiger partial charge is 0.399 e. The molecule has 0 amide bonds. The second-order valence-corrected chi connectivity index (χ2v) is 5.84. The van der Waals surface area contributed by atoms with Crippen molar-refractivity contribution in [2.24, 2.45) is 5.41 Å². The summed E-state index contributed by atoms with van der Waals surface area (Å²) >= 11 is 0. The van der Waals surface area contributed by atoms with Crippen molar-refractivity contribution in [1.29, 1.82) is 0 Å². The highest BCUT2D eigenvalue weighted by Gasteiger charge is 2.27. The molecule has 1 aromatic heterocycles. The van der Waals surface area contributed by atoms with E-state index in [-0.39, 0.29) is 5.41 Å². The molecule has 0 bridgehead atoms. The summed E-state index contributed by atoms with van der Waals surface area (Å²) in [7, 11) is 0. The summed E-state index contributed by atoms with van der Waals surface area (Å²) in [6.07, 6.45) is 4.26. The van der Waals surface area contributed by atoms with Crippen LogP contribution in [0.1, 0.15) is 26.3 Å². The maximum absolute atomic E-state index is 10.6. The molecule has 5 nitrogen and oxygen atoms in total. The second-order valence-electron chi connectivity index (χ2n) is 5.84. The lowest BCUT2D eigenvalue weighted by Crippen LogP contribution is -2.29. The van der Waals surface area contributed by atoms with Crippen LogP contribution in [0.25, 0.3) is 11.8 Å². The van der Waals surface area contributed by atoms with Gasteiger partial charge in [0.2, 0.25) is 0 Å². The number of nitrogens with two attached hydrogens (primary N) is 1. The Bertz CT molecular complexity index is 579. The van der Waals surface area contributed by atoms with Crippen molar-refractivity contribution in [2.75, 3.05) is 5.73 Å². The lowest BCUT2D eigenvalue weighted by molar-refractivity contribution is 0.109. The summed E-state index contributed by atoms with van der Waals surface area (Å²) in [6.45, 7) is 5.93. The normalized spacial score (nSPS) is 14.3. The molecule has 1 heterocycles. The second kappa shape index (κ2) is 5.46. The van der Waals surface area contributed by atoms with Crippen LogP contribution in [-0.4, -0.2) is 26.0 Å². The number of aliphatic hydroxyl groups is 1. The fourth-order valence-corrected chi connectivity index (χ4v) is 1.82. The molecule has 0 saturated carbocycles. The average molecular weight is 272 g/mol. The third-order valence-electron chi connectivity index (χ3n) is 3.03. The highest BCUT2D eigenvalue weighted by Crippen LogP contribution is 2.28. The van der Waals surface area contributed by atoms with E-state index < -0.39 is 6.10 Å². The van der Waals surface area contributed by atoms with Crippen LogP contribution < -0.4 is 5.73 Å². The molecule has 0 aliphatic rings. The number of aliphatic hydroxyl groups excluding tert-OH is 1. The zero-order valence-corrected chi connectivity index (χ0v) is 12.0. The lowest BCUT2D eigenvalue weighted by atomic mass is 9.86. The fraction of sp³-hybridized carbons (Fsp3) is 0.333. The Morgan fingerprint density at radius 3 is 2.45 bits per heavy atom. The van der Waals surface area contributed by atoms with E-state index in [1.165, 1.54) is 6.33 Å². The Morgan fingerprint density at radius 2 is 1.95 bits per heavy atom. The standard InChI is InChI=1S/C15H20N4O/c1-15(2,3)14(20)13(19-10-17-9-18-19)8-11-4-6-12(16)7-5-11/h4-10,14,20H,16H2,1-3H3. The molecule has 3 N–H and O–H groups in total. The van der Waals surface area contributed by atoms with Crippen molar-refractivity contribution in [3.8, 4) is 0 Å². The van der Waals surface area contributed by atoms with E-state index in [4.69, 9.17) is 5.73 Å². The Morgan fingerprint density at radius 1 is 1.30 bits per heavy atom. The summed E-state index contributed by atoms with van der Waals surface area (Å²) in [5.74, 6) is 0. The number of benzene rings is 1. The summed E-state index contributed by atoms with van der Waals surface area (Å²) < 4.78 is 1.59. The molecule has 1 atom stereocenters. The topological polar surface area (TPSA) is 77.0 Å². The number of hydrogen-bond donors (Lipinski definition) is 2. The Labute approximate surface area is 118 Å². The van der Waals surface area contributed by atoms with E-state index in [0.717, 1.165) is 5.56 Å². The van der Waals surface area contributed by atoms with Gasteiger partial charge in [-0.3, -0.25) is 0 Å². The molecule has 20 heavy (non-hydrogen) atoms. The first-order valence-electron chi connectivity index (χ1n) is 6.48. The van der Waals surface area contributed by atoms with Gasteiger partial charge in [0.25, 0.3) is 0 Å². The molecule has 0 radical (unpaired) electrons. The molecule has 0 spiro atoms. The predicted octanol–water partition coefficient (Wildman–Crippen LogP) is 2.27. The lowest BCUT2D eigenvalue weighted by Gasteiger charge is -2.27. The van der Waals surface area contributed by atoms with Crippen molar-refractivity contribution < 1.29 is 5.11 Å². The van der Waals surface area contributed by atoms with Crippen LogP contribution in [-0.2, 0) is 0 Å². The minimum absolute atomic E-state index is 0.300. The van der Waals surface area contributed by atoms with E-state index in [0.29, 0.717) is 11.4 Å². The summed E-state index contributed by atoms with van der Waals surface area (Å²) in [6, 6.07) is 7.46. The third-order valence-corrected chi connectivity index (χ3v) is 3.03. The zero-order valence-electron chi connectivity index (χ0n) is 12.0. The van der Waals surface area contributed by atoms with E-state index in [1.807, 2.05) is 51.1 Å². The van der Waals surface area contributed by atoms with Crippen molar-refractivity contribution in [2.45, 2.75) is 26.9 Å². The van der Waals surface area contributed by atoms with Crippen molar-refractivity contribution in [3.05, 3.63) is 42.5 Å². The Balaban J connectivity index is 2.44. The first-order chi connectivity index (χ1) is 9.38. The third kappa shape index (κ3) is 3.24. The molecular weight excluding hydrogens is 252 g/mol. The molecule has 106 valence electrons. The van der Waals surface area contributed by atoms with E-state index in [1.54, 1.807) is 11.0 Å². The van der Waals surface area contributed by atoms with Crippen LogP contribution in [0.5, 0.6) is 0 Å². The minimum atomic E-state index is -0.665. The van der Waals surface area contributed by atoms with Crippen LogP contribution in [0.15, 0.2) is 36.9 Å². The minimum Gasteiger partial charge on any atom is -0.399 e. The molecule has 0 aliphatic carbocycles. The van der Waals surface area contributed by atoms with Crippen LogP contribution >= 0.6 is 0 Å². The van der Waals surface area contributed by atoms with Crippen molar-refractivity contribution >= 4 is 17.5 Å². The van der Waals surface area contributed by atoms with Gasteiger partial charge in [-0.05, 0) is 29.2 Å². The van der Waals surface area contributed by atoms with Gasteiger partial charge in [0.05, 0.1) is 5.70 Å². The average Bonchev–Trinajstić information content (AvgIpc) is 2.90. The molecule has 0 fully saturated rings. The van der Waals surface area contributed by atoms with Crippen LogP contribution in [0.4, 0.5) is 5.69 Å². The number of aromatic nitrogens is 3. The van der Waals surface area contributed by atoms with Crippen LogP contribution in [0.2, 0.25) is 0 Å². The Hall–Kier alpha value is -2.14. The fourth-order valence-electron chi connectivity index (χ4n) is 1.82. The van der Waals surface area contributed by atoms with Crippen molar-refractivity contribution in [1.82, 2.24) is 14.8 Å². The number of nitrogens with zero attached hydrogens (tertiary/aromatic N) is 3. The SMILES string of the molecule is CC(C)(C)C(O)C(=Cc1ccc(N)cc1)n1cncn1. The summed E-state index contributed by atoms with van der Waals surface area (Å²) in [5.41, 5.74) is 7.72. The van der Waals surface area contributed by atoms with Crippen LogP contribution in [0, 0.1) is 5.41 Å². The predicted molar refractivity (Wildman–Crippen MR) is 80.5 cm³/mol. The molecule has 2 rings (SSSR count). The summed E-state index contributed by atoms with van der Waals surface area (Å²) in [4.78, 5) is 3.94. The number of anilines is 1. The maximum Gasteiger partial charge on any atom is 0.138 e. The molecular formula is C15H20N4O. The molecule has 2 aromatic rings. The maximum atomic E-state index is 10.6. The highest BCUT2D eigenvalue weighted by molar-refractivity contribution is 5.73. The molecule has 0 saturated heterocycles. The number of hydrogen-bond acceptors (Lipinski definition) is 4. The van der Waals surface area contributed by atoms with Crippen LogP contribution in [0.3, 0.4) is 0 Å².